The van der Waals surface area contributed by atoms with Gasteiger partial charge in [-0.25, -0.2) is 0 Å². The molecule has 4 heteroatoms. The number of nitrogens with two attached hydrogens (primary N) is 1. The highest BCUT2D eigenvalue weighted by atomic mass is 32.1. The molecule has 0 radical (unpaired) electrons. The van der Waals surface area contributed by atoms with E-state index < -0.39 is 0 Å². The van der Waals surface area contributed by atoms with Crippen LogP contribution in [0.2, 0.25) is 0 Å². The van der Waals surface area contributed by atoms with Gasteiger partial charge in [0.15, 0.2) is 0 Å². The van der Waals surface area contributed by atoms with Crippen molar-refractivity contribution in [3.8, 4) is 23.3 Å². The van der Waals surface area contributed by atoms with E-state index in [2.05, 4.69) is 18.8 Å². The minimum absolute atomic E-state index is 0.383. The molecule has 0 unspecified atom stereocenters. The summed E-state index contributed by atoms with van der Waals surface area (Å²) in [6, 6.07) is 9.74. The average Bonchev–Trinajstić information content (AvgIpc) is 2.98. The zero-order chi connectivity index (χ0) is 14.9. The summed E-state index contributed by atoms with van der Waals surface area (Å²) < 4.78 is 11.3. The third-order valence-electron chi connectivity index (χ3n) is 2.67. The van der Waals surface area contributed by atoms with E-state index in [0.717, 1.165) is 35.0 Å². The molecule has 0 aliphatic heterocycles. The molecule has 0 amide bonds. The van der Waals surface area contributed by atoms with Crippen LogP contribution in [-0.2, 0) is 6.61 Å². The molecule has 1 aromatic carbocycles. The molecule has 0 fully saturated rings. The Bertz CT molecular complexity index is 608. The maximum atomic E-state index is 5.75. The van der Waals surface area contributed by atoms with Gasteiger partial charge in [0.05, 0.1) is 13.2 Å². The van der Waals surface area contributed by atoms with Crippen molar-refractivity contribution in [1.82, 2.24) is 0 Å². The van der Waals surface area contributed by atoms with Crippen LogP contribution in [0.1, 0.15) is 23.8 Å². The maximum Gasteiger partial charge on any atom is 0.122 e. The Morgan fingerprint density at radius 1 is 1.14 bits per heavy atom. The van der Waals surface area contributed by atoms with Gasteiger partial charge in [-0.15, -0.1) is 11.3 Å². The maximum absolute atomic E-state index is 5.75. The molecule has 0 saturated carbocycles. The fourth-order valence-electron chi connectivity index (χ4n) is 1.68. The van der Waals surface area contributed by atoms with Crippen molar-refractivity contribution in [2.24, 2.45) is 5.73 Å². The number of benzene rings is 1. The van der Waals surface area contributed by atoms with Crippen molar-refractivity contribution >= 4 is 11.3 Å². The van der Waals surface area contributed by atoms with Crippen LogP contribution in [0.5, 0.6) is 11.5 Å². The predicted octanol–water partition coefficient (Wildman–Crippen LogP) is 3.43. The minimum atomic E-state index is 0.383. The summed E-state index contributed by atoms with van der Waals surface area (Å²) in [6.45, 7) is 3.75. The van der Waals surface area contributed by atoms with Crippen LogP contribution in [0.15, 0.2) is 35.7 Å². The van der Waals surface area contributed by atoms with Gasteiger partial charge >= 0.3 is 0 Å². The molecular weight excluding hydrogens is 282 g/mol. The SMILES string of the molecule is CCCOc1ccc(OCc2cc(C#CCN)cs2)cc1. The van der Waals surface area contributed by atoms with Crippen molar-refractivity contribution < 1.29 is 9.47 Å². The highest BCUT2D eigenvalue weighted by molar-refractivity contribution is 7.10. The lowest BCUT2D eigenvalue weighted by molar-refractivity contribution is 0.304. The van der Waals surface area contributed by atoms with Crippen LogP contribution in [0, 0.1) is 11.8 Å². The van der Waals surface area contributed by atoms with Gasteiger partial charge in [-0.1, -0.05) is 18.8 Å². The molecule has 2 N–H and O–H groups in total. The summed E-state index contributed by atoms with van der Waals surface area (Å²) >= 11 is 1.64. The first kappa shape index (κ1) is 15.4. The second-order valence-electron chi connectivity index (χ2n) is 4.42. The number of hydrogen-bond acceptors (Lipinski definition) is 4. The van der Waals surface area contributed by atoms with E-state index in [1.807, 2.05) is 35.7 Å². The second kappa shape index (κ2) is 8.35. The van der Waals surface area contributed by atoms with Crippen LogP contribution in [0.4, 0.5) is 0 Å². The van der Waals surface area contributed by atoms with Crippen LogP contribution >= 0.6 is 11.3 Å². The molecule has 0 bridgehead atoms. The number of hydrogen-bond donors (Lipinski definition) is 1. The zero-order valence-corrected chi connectivity index (χ0v) is 12.9. The van der Waals surface area contributed by atoms with E-state index in [9.17, 15) is 0 Å². The molecule has 2 aromatic rings. The summed E-state index contributed by atoms with van der Waals surface area (Å²) in [7, 11) is 0. The monoisotopic (exact) mass is 301 g/mol. The highest BCUT2D eigenvalue weighted by Gasteiger charge is 2.00. The Labute approximate surface area is 129 Å². The molecule has 21 heavy (non-hydrogen) atoms. The molecule has 1 heterocycles. The number of thiophene rings is 1. The van der Waals surface area contributed by atoms with E-state index in [4.69, 9.17) is 15.2 Å². The topological polar surface area (TPSA) is 44.5 Å². The Kier molecular flexibility index (Phi) is 6.14. The highest BCUT2D eigenvalue weighted by Crippen LogP contribution is 2.20. The smallest absolute Gasteiger partial charge is 0.122 e. The Morgan fingerprint density at radius 3 is 2.52 bits per heavy atom. The van der Waals surface area contributed by atoms with Gasteiger partial charge in [-0.05, 0) is 36.8 Å². The van der Waals surface area contributed by atoms with Crippen molar-refractivity contribution in [2.45, 2.75) is 20.0 Å². The first-order chi connectivity index (χ1) is 10.3. The average molecular weight is 301 g/mol. The molecule has 0 aliphatic carbocycles. The largest absolute Gasteiger partial charge is 0.494 e. The molecule has 0 aliphatic rings. The molecule has 3 nitrogen and oxygen atoms in total. The Balaban J connectivity index is 1.86. The molecule has 0 spiro atoms. The summed E-state index contributed by atoms with van der Waals surface area (Å²) in [5.41, 5.74) is 6.35. The lowest BCUT2D eigenvalue weighted by atomic mass is 10.3. The third-order valence-corrected chi connectivity index (χ3v) is 3.58. The van der Waals surface area contributed by atoms with E-state index in [0.29, 0.717) is 13.2 Å². The van der Waals surface area contributed by atoms with E-state index in [-0.39, 0.29) is 0 Å². The molecule has 1 aromatic heterocycles. The summed E-state index contributed by atoms with van der Waals surface area (Å²) in [6.07, 6.45) is 1.01. The quantitative estimate of drug-likeness (QED) is 0.831. The van der Waals surface area contributed by atoms with E-state index in [1.54, 1.807) is 11.3 Å². The zero-order valence-electron chi connectivity index (χ0n) is 12.1. The van der Waals surface area contributed by atoms with Crippen LogP contribution in [-0.4, -0.2) is 13.2 Å². The molecule has 110 valence electrons. The number of ether oxygens (including phenoxy) is 2. The van der Waals surface area contributed by atoms with Crippen molar-refractivity contribution in [3.63, 3.8) is 0 Å². The Hall–Kier alpha value is -1.96. The number of rotatable bonds is 6. The predicted molar refractivity (Wildman–Crippen MR) is 86.8 cm³/mol. The van der Waals surface area contributed by atoms with Crippen molar-refractivity contribution in [1.29, 1.82) is 0 Å². The third kappa shape index (κ3) is 5.14. The second-order valence-corrected chi connectivity index (χ2v) is 5.41. The minimum Gasteiger partial charge on any atom is -0.494 e. The summed E-state index contributed by atoms with van der Waals surface area (Å²) in [5.74, 6) is 7.57. The molecule has 2 rings (SSSR count). The van der Waals surface area contributed by atoms with E-state index >= 15 is 0 Å². The molecule has 0 saturated heterocycles. The Morgan fingerprint density at radius 2 is 1.86 bits per heavy atom. The summed E-state index contributed by atoms with van der Waals surface area (Å²) in [4.78, 5) is 1.14. The van der Waals surface area contributed by atoms with Gasteiger partial charge in [0.25, 0.3) is 0 Å². The first-order valence-electron chi connectivity index (χ1n) is 6.94. The lowest BCUT2D eigenvalue weighted by Crippen LogP contribution is -1.96. The molecular formula is C17H19NO2S. The van der Waals surface area contributed by atoms with Crippen LogP contribution in [0.25, 0.3) is 0 Å². The van der Waals surface area contributed by atoms with Gasteiger partial charge in [-0.3, -0.25) is 0 Å². The van der Waals surface area contributed by atoms with Crippen molar-refractivity contribution in [2.75, 3.05) is 13.2 Å². The summed E-state index contributed by atoms with van der Waals surface area (Å²) in [5, 5.41) is 2.02. The van der Waals surface area contributed by atoms with E-state index in [1.165, 1.54) is 0 Å². The standard InChI is InChI=1S/C17H19NO2S/c1-2-10-19-15-5-7-16(8-6-15)20-12-17-11-14(13-21-17)4-3-9-18/h5-8,11,13H,2,9-10,12,18H2,1H3. The molecule has 0 atom stereocenters. The normalized spacial score (nSPS) is 9.81. The first-order valence-corrected chi connectivity index (χ1v) is 7.81. The van der Waals surface area contributed by atoms with Gasteiger partial charge in [0.2, 0.25) is 0 Å². The van der Waals surface area contributed by atoms with Gasteiger partial charge in [0.1, 0.15) is 18.1 Å². The van der Waals surface area contributed by atoms with Gasteiger partial charge in [-0.2, -0.15) is 0 Å². The fraction of sp³-hybridized carbons (Fsp3) is 0.294. The van der Waals surface area contributed by atoms with Gasteiger partial charge in [0, 0.05) is 15.8 Å². The fourth-order valence-corrected chi connectivity index (χ4v) is 2.41. The van der Waals surface area contributed by atoms with Crippen LogP contribution in [0.3, 0.4) is 0 Å². The van der Waals surface area contributed by atoms with Crippen molar-refractivity contribution in [3.05, 3.63) is 46.2 Å². The van der Waals surface area contributed by atoms with Crippen LogP contribution < -0.4 is 15.2 Å². The lowest BCUT2D eigenvalue weighted by Gasteiger charge is -2.07. The van der Waals surface area contributed by atoms with Gasteiger partial charge < -0.3 is 15.2 Å².